The summed E-state index contributed by atoms with van der Waals surface area (Å²) in [5.41, 5.74) is -1.60. The van der Waals surface area contributed by atoms with Gasteiger partial charge in [-0.1, -0.05) is 12.6 Å². The van der Waals surface area contributed by atoms with Crippen molar-refractivity contribution in [1.82, 2.24) is 0 Å². The third-order valence-corrected chi connectivity index (χ3v) is 1.64. The smallest absolute Gasteiger partial charge is 0.154 e. The Labute approximate surface area is 46.3 Å². The molecule has 7 heavy (non-hydrogen) atoms. The molecule has 0 bridgehead atoms. The minimum atomic E-state index is -1.60. The topological polar surface area (TPSA) is 0 Å². The van der Waals surface area contributed by atoms with Gasteiger partial charge < -0.3 is 0 Å². The zero-order chi connectivity index (χ0) is 5.49. The van der Waals surface area contributed by atoms with Gasteiger partial charge in [0.15, 0.2) is 5.67 Å². The van der Waals surface area contributed by atoms with Crippen LogP contribution in [0.15, 0.2) is 0 Å². The van der Waals surface area contributed by atoms with Gasteiger partial charge in [0.1, 0.15) is 6.17 Å². The highest BCUT2D eigenvalue weighted by Gasteiger charge is 2.55. The summed E-state index contributed by atoms with van der Waals surface area (Å²) in [4.78, 5) is 0. The molecule has 1 aliphatic carbocycles. The van der Waals surface area contributed by atoms with Crippen LogP contribution in [0.4, 0.5) is 8.78 Å². The molecular formula is C4H5F2S. The van der Waals surface area contributed by atoms with Gasteiger partial charge in [-0.05, 0) is 0 Å². The van der Waals surface area contributed by atoms with E-state index in [0.717, 1.165) is 0 Å². The van der Waals surface area contributed by atoms with E-state index < -0.39 is 11.8 Å². The van der Waals surface area contributed by atoms with Gasteiger partial charge in [0.2, 0.25) is 0 Å². The van der Waals surface area contributed by atoms with Gasteiger partial charge in [0, 0.05) is 12.2 Å². The van der Waals surface area contributed by atoms with Crippen LogP contribution < -0.4 is 0 Å². The maximum atomic E-state index is 12.1. The first-order valence-electron chi connectivity index (χ1n) is 2.10. The molecular weight excluding hydrogens is 118 g/mol. The fourth-order valence-corrected chi connectivity index (χ4v) is 0.687. The molecule has 0 heterocycles. The van der Waals surface area contributed by atoms with Crippen molar-refractivity contribution in [3.8, 4) is 0 Å². The van der Waals surface area contributed by atoms with Gasteiger partial charge in [-0.25, -0.2) is 8.78 Å². The van der Waals surface area contributed by atoms with Crippen LogP contribution in [0.3, 0.4) is 0 Å². The lowest BCUT2D eigenvalue weighted by Gasteiger charge is -1.92. The molecule has 41 valence electrons. The number of rotatable bonds is 1. The van der Waals surface area contributed by atoms with Crippen molar-refractivity contribution in [2.75, 3.05) is 5.75 Å². The molecule has 1 aliphatic rings. The van der Waals surface area contributed by atoms with Gasteiger partial charge in [-0.2, -0.15) is 0 Å². The van der Waals surface area contributed by atoms with E-state index in [1.165, 1.54) is 0 Å². The first kappa shape index (κ1) is 5.35. The van der Waals surface area contributed by atoms with Gasteiger partial charge >= 0.3 is 0 Å². The van der Waals surface area contributed by atoms with Crippen LogP contribution in [0.25, 0.3) is 0 Å². The normalized spacial score (nSPS) is 49.3. The lowest BCUT2D eigenvalue weighted by Crippen LogP contribution is -2.05. The van der Waals surface area contributed by atoms with Gasteiger partial charge in [-0.3, -0.25) is 0 Å². The molecule has 1 radical (unpaired) electrons. The quantitative estimate of drug-likeness (QED) is 0.497. The maximum absolute atomic E-state index is 12.1. The van der Waals surface area contributed by atoms with E-state index in [-0.39, 0.29) is 12.2 Å². The molecule has 2 unspecified atom stereocenters. The van der Waals surface area contributed by atoms with E-state index in [4.69, 9.17) is 0 Å². The Morgan fingerprint density at radius 3 is 2.29 bits per heavy atom. The Balaban J connectivity index is 2.36. The van der Waals surface area contributed by atoms with Crippen LogP contribution in [-0.4, -0.2) is 17.6 Å². The number of halogens is 2. The molecule has 1 saturated carbocycles. The molecule has 1 fully saturated rings. The highest BCUT2D eigenvalue weighted by molar-refractivity contribution is 7.80. The summed E-state index contributed by atoms with van der Waals surface area (Å²) in [6, 6.07) is 0. The average Bonchev–Trinajstić information content (AvgIpc) is 2.18. The zero-order valence-corrected chi connectivity index (χ0v) is 4.47. The van der Waals surface area contributed by atoms with Crippen LogP contribution in [-0.2, 0) is 0 Å². The van der Waals surface area contributed by atoms with Crippen LogP contribution in [0.5, 0.6) is 0 Å². The van der Waals surface area contributed by atoms with Crippen LogP contribution >= 0.6 is 12.6 Å². The molecule has 0 aliphatic heterocycles. The molecule has 1 rings (SSSR count). The van der Waals surface area contributed by atoms with Crippen molar-refractivity contribution in [1.29, 1.82) is 0 Å². The second-order valence-electron chi connectivity index (χ2n) is 1.85. The van der Waals surface area contributed by atoms with Crippen molar-refractivity contribution < 1.29 is 8.78 Å². The first-order chi connectivity index (χ1) is 3.19. The lowest BCUT2D eigenvalue weighted by molar-refractivity contribution is 0.276. The molecule has 0 spiro atoms. The predicted octanol–water partition coefficient (Wildman–Crippen LogP) is 1.63. The SMILES string of the molecule is FC1CC1(F)C[S]. The standard InChI is InChI=1S/C4H5F2S/c5-3-1-4(3,6)2-7/h3H,1-2H2. The van der Waals surface area contributed by atoms with Crippen molar-refractivity contribution in [2.24, 2.45) is 0 Å². The van der Waals surface area contributed by atoms with E-state index in [1.54, 1.807) is 0 Å². The third-order valence-electron chi connectivity index (χ3n) is 1.16. The fourth-order valence-electron chi connectivity index (χ4n) is 0.388. The number of alkyl halides is 2. The van der Waals surface area contributed by atoms with Crippen LogP contribution in [0, 0.1) is 0 Å². The second kappa shape index (κ2) is 1.34. The van der Waals surface area contributed by atoms with E-state index in [0.29, 0.717) is 0 Å². The summed E-state index contributed by atoms with van der Waals surface area (Å²) in [5, 5.41) is 0. The highest BCUT2D eigenvalue weighted by atomic mass is 32.1. The van der Waals surface area contributed by atoms with Crippen molar-refractivity contribution in [2.45, 2.75) is 18.3 Å². The van der Waals surface area contributed by atoms with E-state index in [9.17, 15) is 8.78 Å². The van der Waals surface area contributed by atoms with Crippen molar-refractivity contribution in [3.63, 3.8) is 0 Å². The molecule has 2 atom stereocenters. The Bertz CT molecular complexity index is 81.8. The molecule has 0 N–H and O–H groups in total. The molecule has 0 saturated heterocycles. The molecule has 0 aromatic rings. The van der Waals surface area contributed by atoms with E-state index in [2.05, 4.69) is 12.6 Å². The Kier molecular flexibility index (Phi) is 1.02. The molecule has 0 amide bonds. The average molecular weight is 123 g/mol. The van der Waals surface area contributed by atoms with Gasteiger partial charge in [0.25, 0.3) is 0 Å². The summed E-state index contributed by atoms with van der Waals surface area (Å²) in [6.07, 6.45) is -1.23. The van der Waals surface area contributed by atoms with E-state index >= 15 is 0 Å². The summed E-state index contributed by atoms with van der Waals surface area (Å²) >= 11 is 4.31. The van der Waals surface area contributed by atoms with E-state index in [1.807, 2.05) is 0 Å². The number of hydrogen-bond acceptors (Lipinski definition) is 0. The molecule has 0 aromatic heterocycles. The number of hydrogen-bond donors (Lipinski definition) is 0. The van der Waals surface area contributed by atoms with Crippen LogP contribution in [0.1, 0.15) is 6.42 Å². The van der Waals surface area contributed by atoms with Crippen molar-refractivity contribution >= 4 is 12.6 Å². The fraction of sp³-hybridized carbons (Fsp3) is 1.00. The monoisotopic (exact) mass is 123 g/mol. The largest absolute Gasteiger partial charge is 0.244 e. The molecule has 0 aromatic carbocycles. The predicted molar refractivity (Wildman–Crippen MR) is 25.8 cm³/mol. The summed E-state index contributed by atoms with van der Waals surface area (Å²) in [7, 11) is 0. The minimum Gasteiger partial charge on any atom is -0.244 e. The zero-order valence-electron chi connectivity index (χ0n) is 3.66. The maximum Gasteiger partial charge on any atom is 0.154 e. The van der Waals surface area contributed by atoms with Gasteiger partial charge in [0.05, 0.1) is 0 Å². The van der Waals surface area contributed by atoms with Crippen LogP contribution in [0.2, 0.25) is 0 Å². The second-order valence-corrected chi connectivity index (χ2v) is 2.14. The third kappa shape index (κ3) is 0.738. The minimum absolute atomic E-state index is 0.0243. The Morgan fingerprint density at radius 2 is 2.29 bits per heavy atom. The summed E-state index contributed by atoms with van der Waals surface area (Å²) in [5.74, 6) is -0.0891. The Hall–Kier alpha value is 0.210. The molecule has 0 nitrogen and oxygen atoms in total. The molecule has 3 heteroatoms. The van der Waals surface area contributed by atoms with Gasteiger partial charge in [-0.15, -0.1) is 0 Å². The van der Waals surface area contributed by atoms with Crippen molar-refractivity contribution in [3.05, 3.63) is 0 Å². The lowest BCUT2D eigenvalue weighted by atomic mass is 10.4. The highest BCUT2D eigenvalue weighted by Crippen LogP contribution is 2.43. The Morgan fingerprint density at radius 1 is 1.86 bits per heavy atom. The summed E-state index contributed by atoms with van der Waals surface area (Å²) < 4.78 is 23.9. The summed E-state index contributed by atoms with van der Waals surface area (Å²) in [6.45, 7) is 0. The first-order valence-corrected chi connectivity index (χ1v) is 2.68.